The molecule has 1 aromatic carbocycles. The SMILES string of the molecule is CN(C)S(=O)(=O)c1cc(NC(=S)NC[C@@H]2CCCO2)ccc1Cl. The van der Waals surface area contributed by atoms with Crippen molar-refractivity contribution in [3.63, 3.8) is 0 Å². The van der Waals surface area contributed by atoms with Gasteiger partial charge in [-0.2, -0.15) is 0 Å². The van der Waals surface area contributed by atoms with Crippen LogP contribution in [0.2, 0.25) is 5.02 Å². The molecule has 0 radical (unpaired) electrons. The number of nitrogens with zero attached hydrogens (tertiary/aromatic N) is 1. The lowest BCUT2D eigenvalue weighted by Gasteiger charge is -2.16. The monoisotopic (exact) mass is 377 g/mol. The normalized spacial score (nSPS) is 18.2. The van der Waals surface area contributed by atoms with Crippen molar-refractivity contribution in [2.75, 3.05) is 32.6 Å². The fourth-order valence-corrected chi connectivity index (χ4v) is 3.76. The van der Waals surface area contributed by atoms with E-state index in [1.807, 2.05) is 0 Å². The highest BCUT2D eigenvalue weighted by Crippen LogP contribution is 2.26. The Morgan fingerprint density at radius 3 is 2.83 bits per heavy atom. The molecule has 1 aromatic rings. The Bertz CT molecular complexity index is 674. The van der Waals surface area contributed by atoms with Gasteiger partial charge in [0.15, 0.2) is 5.11 Å². The van der Waals surface area contributed by atoms with Crippen molar-refractivity contribution in [3.8, 4) is 0 Å². The molecule has 128 valence electrons. The number of rotatable bonds is 5. The summed E-state index contributed by atoms with van der Waals surface area (Å²) in [5, 5.41) is 6.62. The van der Waals surface area contributed by atoms with Crippen LogP contribution in [0.1, 0.15) is 12.8 Å². The van der Waals surface area contributed by atoms with Crippen molar-refractivity contribution in [1.29, 1.82) is 0 Å². The molecule has 0 aliphatic carbocycles. The predicted molar refractivity (Wildman–Crippen MR) is 95.5 cm³/mol. The Balaban J connectivity index is 2.04. The van der Waals surface area contributed by atoms with Crippen LogP contribution in [0.3, 0.4) is 0 Å². The molecular weight excluding hydrogens is 358 g/mol. The van der Waals surface area contributed by atoms with E-state index in [0.717, 1.165) is 23.8 Å². The van der Waals surface area contributed by atoms with Crippen LogP contribution in [0.4, 0.5) is 5.69 Å². The van der Waals surface area contributed by atoms with Crippen molar-refractivity contribution in [3.05, 3.63) is 23.2 Å². The topological polar surface area (TPSA) is 70.7 Å². The van der Waals surface area contributed by atoms with E-state index in [1.54, 1.807) is 6.07 Å². The average Bonchev–Trinajstić information content (AvgIpc) is 3.00. The molecule has 1 aliphatic rings. The Hall–Kier alpha value is -0.930. The summed E-state index contributed by atoms with van der Waals surface area (Å²) < 4.78 is 31.1. The van der Waals surface area contributed by atoms with Crippen LogP contribution in [0.5, 0.6) is 0 Å². The molecule has 0 amide bonds. The number of nitrogens with one attached hydrogen (secondary N) is 2. The minimum Gasteiger partial charge on any atom is -0.376 e. The van der Waals surface area contributed by atoms with E-state index in [2.05, 4.69) is 10.6 Å². The van der Waals surface area contributed by atoms with Gasteiger partial charge < -0.3 is 15.4 Å². The molecule has 0 bridgehead atoms. The summed E-state index contributed by atoms with van der Waals surface area (Å²) >= 11 is 11.2. The molecule has 2 rings (SSSR count). The van der Waals surface area contributed by atoms with E-state index in [1.165, 1.54) is 26.2 Å². The first kappa shape index (κ1) is 18.4. The van der Waals surface area contributed by atoms with Crippen LogP contribution in [-0.4, -0.2) is 51.2 Å². The van der Waals surface area contributed by atoms with Crippen LogP contribution < -0.4 is 10.6 Å². The van der Waals surface area contributed by atoms with Gasteiger partial charge in [0, 0.05) is 32.9 Å². The van der Waals surface area contributed by atoms with Crippen LogP contribution in [-0.2, 0) is 14.8 Å². The van der Waals surface area contributed by atoms with Gasteiger partial charge in [-0.15, -0.1) is 0 Å². The van der Waals surface area contributed by atoms with Gasteiger partial charge in [-0.3, -0.25) is 0 Å². The zero-order chi connectivity index (χ0) is 17.0. The lowest BCUT2D eigenvalue weighted by molar-refractivity contribution is 0.114. The van der Waals surface area contributed by atoms with E-state index in [-0.39, 0.29) is 16.0 Å². The van der Waals surface area contributed by atoms with Gasteiger partial charge in [0.25, 0.3) is 0 Å². The zero-order valence-corrected chi connectivity index (χ0v) is 15.4. The maximum atomic E-state index is 12.2. The number of halogens is 1. The lowest BCUT2D eigenvalue weighted by Crippen LogP contribution is -2.34. The Labute approximate surface area is 147 Å². The van der Waals surface area contributed by atoms with Crippen LogP contribution >= 0.6 is 23.8 Å². The molecule has 1 fully saturated rings. The number of sulfonamides is 1. The molecule has 1 saturated heterocycles. The van der Waals surface area contributed by atoms with Gasteiger partial charge in [-0.05, 0) is 43.3 Å². The molecular formula is C14H20ClN3O3S2. The average molecular weight is 378 g/mol. The highest BCUT2D eigenvalue weighted by atomic mass is 35.5. The molecule has 1 heterocycles. The molecule has 9 heteroatoms. The van der Waals surface area contributed by atoms with Crippen molar-refractivity contribution >= 4 is 44.6 Å². The molecule has 0 spiro atoms. The van der Waals surface area contributed by atoms with Crippen LogP contribution in [0, 0.1) is 0 Å². The van der Waals surface area contributed by atoms with Gasteiger partial charge in [-0.25, -0.2) is 12.7 Å². The number of hydrogen-bond acceptors (Lipinski definition) is 4. The van der Waals surface area contributed by atoms with E-state index in [0.29, 0.717) is 17.3 Å². The Morgan fingerprint density at radius 1 is 1.48 bits per heavy atom. The van der Waals surface area contributed by atoms with Crippen LogP contribution in [0.25, 0.3) is 0 Å². The largest absolute Gasteiger partial charge is 0.376 e. The van der Waals surface area contributed by atoms with Crippen molar-refractivity contribution < 1.29 is 13.2 Å². The molecule has 1 atom stereocenters. The second kappa shape index (κ2) is 7.76. The molecule has 2 N–H and O–H groups in total. The second-order valence-electron chi connectivity index (χ2n) is 5.40. The van der Waals surface area contributed by atoms with Gasteiger partial charge in [0.2, 0.25) is 10.0 Å². The molecule has 1 aliphatic heterocycles. The molecule has 6 nitrogen and oxygen atoms in total. The Kier molecular flexibility index (Phi) is 6.21. The zero-order valence-electron chi connectivity index (χ0n) is 13.0. The van der Waals surface area contributed by atoms with E-state index in [9.17, 15) is 8.42 Å². The summed E-state index contributed by atoms with van der Waals surface area (Å²) in [6, 6.07) is 4.68. The van der Waals surface area contributed by atoms with E-state index < -0.39 is 10.0 Å². The first-order chi connectivity index (χ1) is 10.8. The first-order valence-electron chi connectivity index (χ1n) is 7.19. The van der Waals surface area contributed by atoms with Gasteiger partial charge >= 0.3 is 0 Å². The molecule has 0 saturated carbocycles. The summed E-state index contributed by atoms with van der Waals surface area (Å²) in [5.41, 5.74) is 0.555. The van der Waals surface area contributed by atoms with Crippen molar-refractivity contribution in [1.82, 2.24) is 9.62 Å². The summed E-state index contributed by atoms with van der Waals surface area (Å²) in [7, 11) is -0.698. The number of thiocarbonyl (C=S) groups is 1. The van der Waals surface area contributed by atoms with E-state index >= 15 is 0 Å². The van der Waals surface area contributed by atoms with Gasteiger partial charge in [0.1, 0.15) is 4.90 Å². The second-order valence-corrected chi connectivity index (χ2v) is 8.34. The standard InChI is InChI=1S/C14H20ClN3O3S2/c1-18(2)23(19,20)13-8-10(5-6-12(13)15)17-14(22)16-9-11-4-3-7-21-11/h5-6,8,11H,3-4,7,9H2,1-2H3,(H2,16,17,22)/t11-/m0/s1. The number of anilines is 1. The number of benzene rings is 1. The van der Waals surface area contributed by atoms with E-state index in [4.69, 9.17) is 28.6 Å². The molecule has 23 heavy (non-hydrogen) atoms. The third kappa shape index (κ3) is 4.77. The third-order valence-corrected chi connectivity index (χ3v) is 6.01. The summed E-state index contributed by atoms with van der Waals surface area (Å²) in [4.78, 5) is 0.0380. The summed E-state index contributed by atoms with van der Waals surface area (Å²) in [5.74, 6) is 0. The van der Waals surface area contributed by atoms with Crippen LogP contribution in [0.15, 0.2) is 23.1 Å². The molecule has 0 unspecified atom stereocenters. The maximum absolute atomic E-state index is 12.2. The minimum atomic E-state index is -3.61. The first-order valence-corrected chi connectivity index (χ1v) is 9.42. The fraction of sp³-hybridized carbons (Fsp3) is 0.500. The quantitative estimate of drug-likeness (QED) is 0.765. The summed E-state index contributed by atoms with van der Waals surface area (Å²) in [6.07, 6.45) is 2.25. The third-order valence-electron chi connectivity index (χ3n) is 3.46. The predicted octanol–water partition coefficient (Wildman–Crippen LogP) is 2.06. The van der Waals surface area contributed by atoms with Gasteiger partial charge in [0.05, 0.1) is 11.1 Å². The minimum absolute atomic E-state index is 0.0380. The smallest absolute Gasteiger partial charge is 0.244 e. The highest BCUT2D eigenvalue weighted by molar-refractivity contribution is 7.89. The Morgan fingerprint density at radius 2 is 2.22 bits per heavy atom. The van der Waals surface area contributed by atoms with Crippen molar-refractivity contribution in [2.24, 2.45) is 0 Å². The maximum Gasteiger partial charge on any atom is 0.244 e. The molecule has 0 aromatic heterocycles. The van der Waals surface area contributed by atoms with Gasteiger partial charge in [-0.1, -0.05) is 11.6 Å². The fourth-order valence-electron chi connectivity index (χ4n) is 2.16. The number of hydrogen-bond donors (Lipinski definition) is 2. The number of ether oxygens (including phenoxy) is 1. The van der Waals surface area contributed by atoms with Crippen molar-refractivity contribution in [2.45, 2.75) is 23.8 Å². The highest BCUT2D eigenvalue weighted by Gasteiger charge is 2.21. The lowest BCUT2D eigenvalue weighted by atomic mass is 10.2. The summed E-state index contributed by atoms with van der Waals surface area (Å²) in [6.45, 7) is 1.41.